The van der Waals surface area contributed by atoms with Gasteiger partial charge in [-0.05, 0) is 54.2 Å². The van der Waals surface area contributed by atoms with Crippen molar-refractivity contribution in [1.29, 1.82) is 0 Å². The number of amidine groups is 1. The normalized spacial score (nSPS) is 15.8. The predicted molar refractivity (Wildman–Crippen MR) is 130 cm³/mol. The van der Waals surface area contributed by atoms with Gasteiger partial charge in [-0.2, -0.15) is 15.0 Å². The van der Waals surface area contributed by atoms with Crippen molar-refractivity contribution in [3.05, 3.63) is 53.2 Å². The molecule has 0 aliphatic carbocycles. The van der Waals surface area contributed by atoms with Crippen LogP contribution in [0.5, 0.6) is 0 Å². The molecule has 0 bridgehead atoms. The highest BCUT2D eigenvalue weighted by molar-refractivity contribution is 8.18. The Hall–Kier alpha value is -3.86. The highest BCUT2D eigenvalue weighted by Crippen LogP contribution is 2.28. The van der Waals surface area contributed by atoms with E-state index >= 15 is 0 Å². The van der Waals surface area contributed by atoms with Crippen LogP contribution in [-0.4, -0.2) is 59.2 Å². The van der Waals surface area contributed by atoms with E-state index in [2.05, 4.69) is 35.6 Å². The molecule has 1 amide bonds. The molecule has 1 aliphatic heterocycles. The number of aromatic nitrogens is 4. The molecule has 0 radical (unpaired) electrons. The second-order valence-electron chi connectivity index (χ2n) is 7.33. The lowest BCUT2D eigenvalue weighted by atomic mass is 10.3. The standard InChI is InChI=1S/C21H23N9OS/c1-29(2)19-26-18(27-20(28-19)30(3)4)23-13-7-9-14(10-8-13)24-21-25-17(31)16(32-21)12-15-6-5-11-22-15/h5-12,22H,1-4H3,(H,24,25,31)(H,23,26,27,28)/b16-12-. The van der Waals surface area contributed by atoms with E-state index in [0.717, 1.165) is 17.1 Å². The summed E-state index contributed by atoms with van der Waals surface area (Å²) in [5, 5.41) is 6.53. The van der Waals surface area contributed by atoms with Crippen LogP contribution in [-0.2, 0) is 4.79 Å². The number of rotatable bonds is 6. The summed E-state index contributed by atoms with van der Waals surface area (Å²) in [6.45, 7) is 0. The van der Waals surface area contributed by atoms with Crippen LogP contribution in [0.4, 0.5) is 29.2 Å². The van der Waals surface area contributed by atoms with E-state index in [1.165, 1.54) is 11.8 Å². The van der Waals surface area contributed by atoms with Gasteiger partial charge in [0.25, 0.3) is 5.91 Å². The zero-order valence-corrected chi connectivity index (χ0v) is 18.9. The summed E-state index contributed by atoms with van der Waals surface area (Å²) < 4.78 is 0. The van der Waals surface area contributed by atoms with E-state index in [-0.39, 0.29) is 5.91 Å². The van der Waals surface area contributed by atoms with Crippen molar-refractivity contribution in [3.8, 4) is 0 Å². The quantitative estimate of drug-likeness (QED) is 0.492. The molecule has 0 saturated carbocycles. The van der Waals surface area contributed by atoms with Crippen molar-refractivity contribution in [3.63, 3.8) is 0 Å². The van der Waals surface area contributed by atoms with Gasteiger partial charge in [0.15, 0.2) is 5.17 Å². The lowest BCUT2D eigenvalue weighted by molar-refractivity contribution is -0.115. The van der Waals surface area contributed by atoms with E-state index in [4.69, 9.17) is 0 Å². The molecule has 1 fully saturated rings. The smallest absolute Gasteiger partial charge is 0.264 e. The van der Waals surface area contributed by atoms with Crippen molar-refractivity contribution in [2.75, 3.05) is 43.3 Å². The van der Waals surface area contributed by atoms with Gasteiger partial charge in [-0.3, -0.25) is 4.79 Å². The van der Waals surface area contributed by atoms with Crippen LogP contribution in [0, 0.1) is 0 Å². The molecule has 4 rings (SSSR count). The molecule has 164 valence electrons. The molecule has 1 saturated heterocycles. The van der Waals surface area contributed by atoms with Crippen LogP contribution in [0.15, 0.2) is 52.5 Å². The largest absolute Gasteiger partial charge is 0.362 e. The summed E-state index contributed by atoms with van der Waals surface area (Å²) in [6, 6.07) is 11.3. The Morgan fingerprint density at radius 3 is 2.28 bits per heavy atom. The molecule has 0 atom stereocenters. The third-order valence-electron chi connectivity index (χ3n) is 4.33. The number of thioether (sulfide) groups is 1. The number of aliphatic imine (C=N–C) groups is 1. The molecule has 0 unspecified atom stereocenters. The Morgan fingerprint density at radius 2 is 1.69 bits per heavy atom. The summed E-state index contributed by atoms with van der Waals surface area (Å²) in [6.07, 6.45) is 3.61. The fraction of sp³-hybridized carbons (Fsp3) is 0.190. The number of nitrogens with one attached hydrogen (secondary N) is 3. The molecule has 10 nitrogen and oxygen atoms in total. The monoisotopic (exact) mass is 449 g/mol. The van der Waals surface area contributed by atoms with Gasteiger partial charge in [0.1, 0.15) is 0 Å². The average Bonchev–Trinajstić information content (AvgIpc) is 3.39. The second-order valence-corrected chi connectivity index (χ2v) is 8.36. The number of amides is 1. The molecule has 32 heavy (non-hydrogen) atoms. The highest BCUT2D eigenvalue weighted by atomic mass is 32.2. The minimum Gasteiger partial charge on any atom is -0.362 e. The van der Waals surface area contributed by atoms with Gasteiger partial charge in [0.2, 0.25) is 17.8 Å². The number of nitrogens with zero attached hydrogens (tertiary/aromatic N) is 6. The van der Waals surface area contributed by atoms with Crippen LogP contribution in [0.25, 0.3) is 6.08 Å². The Morgan fingerprint density at radius 1 is 1.00 bits per heavy atom. The lowest BCUT2D eigenvalue weighted by Crippen LogP contribution is -2.19. The zero-order chi connectivity index (χ0) is 22.7. The average molecular weight is 450 g/mol. The summed E-state index contributed by atoms with van der Waals surface area (Å²) in [7, 11) is 7.52. The summed E-state index contributed by atoms with van der Waals surface area (Å²) in [4.78, 5) is 37.3. The molecule has 3 aromatic rings. The van der Waals surface area contributed by atoms with Gasteiger partial charge < -0.3 is 25.4 Å². The number of carbonyl (C=O) groups is 1. The van der Waals surface area contributed by atoms with E-state index in [1.807, 2.05) is 80.6 Å². The van der Waals surface area contributed by atoms with Crippen molar-refractivity contribution in [2.24, 2.45) is 4.99 Å². The van der Waals surface area contributed by atoms with Gasteiger partial charge >= 0.3 is 0 Å². The number of hydrogen-bond acceptors (Lipinski definition) is 9. The van der Waals surface area contributed by atoms with E-state index in [9.17, 15) is 4.79 Å². The maximum atomic E-state index is 12.2. The minimum absolute atomic E-state index is 0.162. The van der Waals surface area contributed by atoms with Gasteiger partial charge in [-0.25, -0.2) is 4.99 Å². The Kier molecular flexibility index (Phi) is 6.08. The fourth-order valence-corrected chi connectivity index (χ4v) is 3.56. The maximum absolute atomic E-state index is 12.2. The molecular weight excluding hydrogens is 426 g/mol. The van der Waals surface area contributed by atoms with E-state index in [0.29, 0.717) is 27.9 Å². The predicted octanol–water partition coefficient (Wildman–Crippen LogP) is 2.97. The molecule has 1 aliphatic rings. The van der Waals surface area contributed by atoms with Gasteiger partial charge in [0.05, 0.1) is 10.6 Å². The summed E-state index contributed by atoms with van der Waals surface area (Å²) in [5.41, 5.74) is 2.40. The number of hydrogen-bond donors (Lipinski definition) is 3. The number of carbonyl (C=O) groups excluding carboxylic acids is 1. The molecule has 3 N–H and O–H groups in total. The first-order chi connectivity index (χ1) is 15.4. The highest BCUT2D eigenvalue weighted by Gasteiger charge is 2.23. The molecule has 1 aromatic carbocycles. The van der Waals surface area contributed by atoms with Crippen LogP contribution in [0.2, 0.25) is 0 Å². The van der Waals surface area contributed by atoms with Gasteiger partial charge in [-0.15, -0.1) is 0 Å². The van der Waals surface area contributed by atoms with Crippen molar-refractivity contribution in [2.45, 2.75) is 0 Å². The molecule has 2 aromatic heterocycles. The first-order valence-corrected chi connectivity index (χ1v) is 10.6. The molecular formula is C21H23N9OS. The molecule has 3 heterocycles. The zero-order valence-electron chi connectivity index (χ0n) is 18.1. The molecule has 11 heteroatoms. The van der Waals surface area contributed by atoms with Crippen molar-refractivity contribution >= 4 is 58.1 Å². The number of anilines is 4. The molecule has 0 spiro atoms. The third-order valence-corrected chi connectivity index (χ3v) is 5.24. The lowest BCUT2D eigenvalue weighted by Gasteiger charge is -2.16. The first kappa shape index (κ1) is 21.4. The van der Waals surface area contributed by atoms with Crippen LogP contribution in [0.3, 0.4) is 0 Å². The van der Waals surface area contributed by atoms with Crippen molar-refractivity contribution < 1.29 is 4.79 Å². The summed E-state index contributed by atoms with van der Waals surface area (Å²) >= 11 is 1.31. The van der Waals surface area contributed by atoms with Crippen LogP contribution in [0.1, 0.15) is 5.69 Å². The third kappa shape index (κ3) is 5.06. The topological polar surface area (TPSA) is 114 Å². The number of benzene rings is 1. The van der Waals surface area contributed by atoms with E-state index in [1.54, 1.807) is 6.08 Å². The maximum Gasteiger partial charge on any atom is 0.264 e. The number of H-pyrrole nitrogens is 1. The SMILES string of the molecule is CN(C)c1nc(Nc2ccc(N=C3NC(=O)/C(=C/c4ccc[nH]4)S3)cc2)nc(N(C)C)n1. The van der Waals surface area contributed by atoms with Crippen LogP contribution >= 0.6 is 11.8 Å². The first-order valence-electron chi connectivity index (χ1n) is 9.78. The van der Waals surface area contributed by atoms with Gasteiger partial charge in [0, 0.05) is 45.8 Å². The van der Waals surface area contributed by atoms with Crippen LogP contribution < -0.4 is 20.4 Å². The number of aromatic amines is 1. The Bertz CT molecular complexity index is 1140. The minimum atomic E-state index is -0.162. The van der Waals surface area contributed by atoms with Gasteiger partial charge in [-0.1, -0.05) is 0 Å². The van der Waals surface area contributed by atoms with Crippen molar-refractivity contribution in [1.82, 2.24) is 25.3 Å². The Balaban J connectivity index is 1.48. The fourth-order valence-electron chi connectivity index (χ4n) is 2.73. The second kappa shape index (κ2) is 9.10. The van der Waals surface area contributed by atoms with E-state index < -0.39 is 0 Å². The summed E-state index contributed by atoms with van der Waals surface area (Å²) in [5.74, 6) is 1.41. The Labute approximate surface area is 189 Å².